The van der Waals surface area contributed by atoms with E-state index in [0.29, 0.717) is 12.1 Å². The van der Waals surface area contributed by atoms with Crippen LogP contribution in [-0.2, 0) is 10.2 Å². The first-order valence-corrected chi connectivity index (χ1v) is 8.93. The van der Waals surface area contributed by atoms with Crippen LogP contribution in [0.3, 0.4) is 0 Å². The van der Waals surface area contributed by atoms with Crippen LogP contribution in [0.2, 0.25) is 0 Å². The van der Waals surface area contributed by atoms with Crippen LogP contribution < -0.4 is 5.32 Å². The van der Waals surface area contributed by atoms with Crippen LogP contribution >= 0.6 is 0 Å². The number of hydrogen-bond donors (Lipinski definition) is 1. The van der Waals surface area contributed by atoms with Crippen LogP contribution in [0.4, 0.5) is 0 Å². The SMILES string of the molecule is CC(C)=CC(CC(C)(C)c1ccc(C)cc1)NC1CCOCC1. The Morgan fingerprint density at radius 2 is 1.83 bits per heavy atom. The molecule has 1 saturated heterocycles. The van der Waals surface area contributed by atoms with Gasteiger partial charge in [-0.25, -0.2) is 0 Å². The molecule has 0 radical (unpaired) electrons. The zero-order valence-corrected chi connectivity index (χ0v) is 15.5. The van der Waals surface area contributed by atoms with Gasteiger partial charge in [0.25, 0.3) is 0 Å². The maximum atomic E-state index is 5.49. The van der Waals surface area contributed by atoms with Gasteiger partial charge < -0.3 is 10.1 Å². The lowest BCUT2D eigenvalue weighted by atomic mass is 9.78. The van der Waals surface area contributed by atoms with E-state index in [-0.39, 0.29) is 5.41 Å². The molecule has 1 aliphatic rings. The highest BCUT2D eigenvalue weighted by Crippen LogP contribution is 2.29. The molecule has 1 heterocycles. The second-order valence-electron chi connectivity index (χ2n) is 7.86. The average molecular weight is 316 g/mol. The Kier molecular flexibility index (Phi) is 6.43. The van der Waals surface area contributed by atoms with Gasteiger partial charge in [-0.2, -0.15) is 0 Å². The summed E-state index contributed by atoms with van der Waals surface area (Å²) < 4.78 is 5.49. The second-order valence-corrected chi connectivity index (χ2v) is 7.86. The monoisotopic (exact) mass is 315 g/mol. The van der Waals surface area contributed by atoms with Crippen molar-refractivity contribution >= 4 is 0 Å². The summed E-state index contributed by atoms with van der Waals surface area (Å²) in [5.74, 6) is 0. The maximum absolute atomic E-state index is 5.49. The van der Waals surface area contributed by atoms with Gasteiger partial charge >= 0.3 is 0 Å². The molecule has 0 amide bonds. The molecule has 1 atom stereocenters. The summed E-state index contributed by atoms with van der Waals surface area (Å²) in [6.45, 7) is 13.0. The lowest BCUT2D eigenvalue weighted by Gasteiger charge is -2.33. The highest BCUT2D eigenvalue weighted by atomic mass is 16.5. The minimum Gasteiger partial charge on any atom is -0.381 e. The number of ether oxygens (including phenoxy) is 1. The molecule has 1 N–H and O–H groups in total. The minimum atomic E-state index is 0.155. The van der Waals surface area contributed by atoms with Crippen molar-refractivity contribution in [2.24, 2.45) is 0 Å². The van der Waals surface area contributed by atoms with Gasteiger partial charge in [0.05, 0.1) is 0 Å². The van der Waals surface area contributed by atoms with Crippen molar-refractivity contribution in [1.29, 1.82) is 0 Å². The first-order chi connectivity index (χ1) is 10.9. The quantitative estimate of drug-likeness (QED) is 0.764. The van der Waals surface area contributed by atoms with Gasteiger partial charge in [-0.3, -0.25) is 0 Å². The zero-order chi connectivity index (χ0) is 16.9. The smallest absolute Gasteiger partial charge is 0.0480 e. The van der Waals surface area contributed by atoms with Crippen molar-refractivity contribution in [3.63, 3.8) is 0 Å². The van der Waals surface area contributed by atoms with E-state index >= 15 is 0 Å². The van der Waals surface area contributed by atoms with Crippen molar-refractivity contribution < 1.29 is 4.74 Å². The lowest BCUT2D eigenvalue weighted by molar-refractivity contribution is 0.0754. The van der Waals surface area contributed by atoms with Crippen LogP contribution in [0.15, 0.2) is 35.9 Å². The van der Waals surface area contributed by atoms with Gasteiger partial charge in [0, 0.05) is 25.3 Å². The number of rotatable bonds is 6. The number of aryl methyl sites for hydroxylation is 1. The molecule has 0 aromatic heterocycles. The van der Waals surface area contributed by atoms with Crippen molar-refractivity contribution in [2.75, 3.05) is 13.2 Å². The molecule has 1 aromatic carbocycles. The van der Waals surface area contributed by atoms with Gasteiger partial charge in [-0.1, -0.05) is 55.3 Å². The molecule has 1 fully saturated rings. The summed E-state index contributed by atoms with van der Waals surface area (Å²) in [7, 11) is 0. The molecular weight excluding hydrogens is 282 g/mol. The molecular formula is C21H33NO. The minimum absolute atomic E-state index is 0.155. The predicted octanol–water partition coefficient (Wildman–Crippen LogP) is 4.77. The molecule has 23 heavy (non-hydrogen) atoms. The molecule has 0 spiro atoms. The van der Waals surface area contributed by atoms with E-state index in [9.17, 15) is 0 Å². The normalized spacial score (nSPS) is 17.8. The molecule has 2 rings (SSSR count). The predicted molar refractivity (Wildman–Crippen MR) is 99.0 cm³/mol. The third kappa shape index (κ3) is 5.78. The molecule has 1 aliphatic heterocycles. The molecule has 0 saturated carbocycles. The van der Waals surface area contributed by atoms with Gasteiger partial charge in [0.1, 0.15) is 0 Å². The number of hydrogen-bond acceptors (Lipinski definition) is 2. The lowest BCUT2D eigenvalue weighted by Crippen LogP contribution is -2.43. The van der Waals surface area contributed by atoms with E-state index < -0.39 is 0 Å². The Bertz CT molecular complexity index is 505. The highest BCUT2D eigenvalue weighted by molar-refractivity contribution is 5.28. The standard InChI is InChI=1S/C21H33NO/c1-16(2)14-20(22-19-10-12-23-13-11-19)15-21(4,5)18-8-6-17(3)7-9-18/h6-9,14,19-20,22H,10-13,15H2,1-5H3. The highest BCUT2D eigenvalue weighted by Gasteiger charge is 2.26. The first kappa shape index (κ1) is 18.2. The first-order valence-electron chi connectivity index (χ1n) is 8.93. The zero-order valence-electron chi connectivity index (χ0n) is 15.5. The number of benzene rings is 1. The van der Waals surface area contributed by atoms with E-state index in [1.807, 2.05) is 0 Å². The van der Waals surface area contributed by atoms with Crippen LogP contribution in [0.5, 0.6) is 0 Å². The third-order valence-corrected chi connectivity index (χ3v) is 4.77. The largest absolute Gasteiger partial charge is 0.381 e. The van der Waals surface area contributed by atoms with Gasteiger partial charge in [-0.05, 0) is 51.0 Å². The number of allylic oxidation sites excluding steroid dienone is 1. The van der Waals surface area contributed by atoms with Gasteiger partial charge in [0.15, 0.2) is 0 Å². The topological polar surface area (TPSA) is 21.3 Å². The molecule has 1 unspecified atom stereocenters. The molecule has 0 bridgehead atoms. The average Bonchev–Trinajstić information content (AvgIpc) is 2.47. The van der Waals surface area contributed by atoms with E-state index in [4.69, 9.17) is 4.74 Å². The Balaban J connectivity index is 2.08. The Labute approximate surface area is 142 Å². The molecule has 0 aliphatic carbocycles. The van der Waals surface area contributed by atoms with Crippen molar-refractivity contribution in [3.05, 3.63) is 47.0 Å². The van der Waals surface area contributed by atoms with Crippen LogP contribution in [-0.4, -0.2) is 25.3 Å². The van der Waals surface area contributed by atoms with Gasteiger partial charge in [-0.15, -0.1) is 0 Å². The molecule has 2 heteroatoms. The summed E-state index contributed by atoms with van der Waals surface area (Å²) in [4.78, 5) is 0. The van der Waals surface area contributed by atoms with Crippen molar-refractivity contribution in [2.45, 2.75) is 71.4 Å². The van der Waals surface area contributed by atoms with E-state index in [1.165, 1.54) is 16.7 Å². The van der Waals surface area contributed by atoms with E-state index in [2.05, 4.69) is 70.3 Å². The van der Waals surface area contributed by atoms with E-state index in [0.717, 1.165) is 32.5 Å². The van der Waals surface area contributed by atoms with Crippen molar-refractivity contribution in [3.8, 4) is 0 Å². The second kappa shape index (κ2) is 8.12. The Hall–Kier alpha value is -1.12. The molecule has 128 valence electrons. The van der Waals surface area contributed by atoms with E-state index in [1.54, 1.807) is 0 Å². The van der Waals surface area contributed by atoms with Crippen LogP contribution in [0.1, 0.15) is 58.1 Å². The maximum Gasteiger partial charge on any atom is 0.0480 e. The van der Waals surface area contributed by atoms with Crippen LogP contribution in [0, 0.1) is 6.92 Å². The van der Waals surface area contributed by atoms with Crippen LogP contribution in [0.25, 0.3) is 0 Å². The molecule has 1 aromatic rings. The Morgan fingerprint density at radius 1 is 1.22 bits per heavy atom. The van der Waals surface area contributed by atoms with Gasteiger partial charge in [0.2, 0.25) is 0 Å². The Morgan fingerprint density at radius 3 is 2.39 bits per heavy atom. The summed E-state index contributed by atoms with van der Waals surface area (Å²) in [5.41, 5.74) is 4.28. The van der Waals surface area contributed by atoms with Crippen molar-refractivity contribution in [1.82, 2.24) is 5.32 Å². The summed E-state index contributed by atoms with van der Waals surface area (Å²) in [5, 5.41) is 3.87. The fraction of sp³-hybridized carbons (Fsp3) is 0.619. The summed E-state index contributed by atoms with van der Waals surface area (Å²) in [6.07, 6.45) is 5.75. The fourth-order valence-electron chi connectivity index (χ4n) is 3.41. The summed E-state index contributed by atoms with van der Waals surface area (Å²) in [6, 6.07) is 10.0. The fourth-order valence-corrected chi connectivity index (χ4v) is 3.41. The number of nitrogens with one attached hydrogen (secondary N) is 1. The molecule has 2 nitrogen and oxygen atoms in total. The summed E-state index contributed by atoms with van der Waals surface area (Å²) >= 11 is 0. The third-order valence-electron chi connectivity index (χ3n) is 4.77.